The zero-order valence-corrected chi connectivity index (χ0v) is 9.77. The highest BCUT2D eigenvalue weighted by atomic mass is 16.6. The third-order valence-electron chi connectivity index (χ3n) is 4.12. The van der Waals surface area contributed by atoms with Crippen LogP contribution in [-0.4, -0.2) is 20.9 Å². The number of rotatable bonds is 4. The van der Waals surface area contributed by atoms with E-state index in [0.717, 1.165) is 6.42 Å². The van der Waals surface area contributed by atoms with E-state index in [9.17, 15) is 20.2 Å². The van der Waals surface area contributed by atoms with Crippen molar-refractivity contribution in [3.8, 4) is 0 Å². The van der Waals surface area contributed by atoms with Gasteiger partial charge in [0.25, 0.3) is 11.1 Å². The van der Waals surface area contributed by atoms with Gasteiger partial charge in [-0.1, -0.05) is 13.3 Å². The lowest BCUT2D eigenvalue weighted by Crippen LogP contribution is -2.62. The molecule has 0 bridgehead atoms. The summed E-state index contributed by atoms with van der Waals surface area (Å²) >= 11 is 0. The molecule has 0 heterocycles. The van der Waals surface area contributed by atoms with Gasteiger partial charge in [-0.15, -0.1) is 0 Å². The Balaban J connectivity index is 3.18. The summed E-state index contributed by atoms with van der Waals surface area (Å²) in [6.45, 7) is 3.07. The normalized spacial score (nSPS) is 23.4. The minimum atomic E-state index is -1.45. The lowest BCUT2D eigenvalue weighted by molar-refractivity contribution is -0.687. The first-order valence-electron chi connectivity index (χ1n) is 5.70. The van der Waals surface area contributed by atoms with E-state index in [0.29, 0.717) is 25.7 Å². The smallest absolute Gasteiger partial charge is 0.264 e. The number of hydrogen-bond donors (Lipinski definition) is 0. The highest BCUT2D eigenvalue weighted by Crippen LogP contribution is 2.42. The predicted octanol–water partition coefficient (Wildman–Crippen LogP) is 2.41. The van der Waals surface area contributed by atoms with Crippen molar-refractivity contribution in [3.05, 3.63) is 20.2 Å². The number of hydrogen-bond acceptors (Lipinski definition) is 4. The molecule has 0 aromatic rings. The number of nitrogens with zero attached hydrogens (tertiary/aromatic N) is 2. The summed E-state index contributed by atoms with van der Waals surface area (Å²) in [5.41, 5.74) is -2.82. The Morgan fingerprint density at radius 2 is 1.69 bits per heavy atom. The van der Waals surface area contributed by atoms with Gasteiger partial charge >= 0.3 is 0 Å². The minimum Gasteiger partial charge on any atom is -0.264 e. The van der Waals surface area contributed by atoms with Crippen LogP contribution < -0.4 is 0 Å². The van der Waals surface area contributed by atoms with Crippen LogP contribution in [0, 0.1) is 20.2 Å². The summed E-state index contributed by atoms with van der Waals surface area (Å²) < 4.78 is 0. The van der Waals surface area contributed by atoms with Gasteiger partial charge in [0, 0.05) is 36.0 Å². The first-order chi connectivity index (χ1) is 7.40. The summed E-state index contributed by atoms with van der Waals surface area (Å²) in [6.07, 6.45) is 3.21. The van der Waals surface area contributed by atoms with Crippen molar-refractivity contribution in [1.29, 1.82) is 0 Å². The third-order valence-corrected chi connectivity index (χ3v) is 4.12. The molecule has 0 spiro atoms. The van der Waals surface area contributed by atoms with Crippen molar-refractivity contribution in [2.45, 2.75) is 63.5 Å². The molecule has 1 aliphatic rings. The maximum absolute atomic E-state index is 11.3. The Hall–Kier alpha value is -1.20. The molecule has 16 heavy (non-hydrogen) atoms. The predicted molar refractivity (Wildman–Crippen MR) is 58.5 cm³/mol. The summed E-state index contributed by atoms with van der Waals surface area (Å²) in [7, 11) is 0. The maximum Gasteiger partial charge on any atom is 0.290 e. The van der Waals surface area contributed by atoms with E-state index in [1.165, 1.54) is 6.92 Å². The van der Waals surface area contributed by atoms with Crippen LogP contribution in [0.5, 0.6) is 0 Å². The molecule has 1 fully saturated rings. The van der Waals surface area contributed by atoms with Crippen molar-refractivity contribution < 1.29 is 9.85 Å². The zero-order chi connectivity index (χ0) is 12.4. The molecule has 0 aromatic heterocycles. The van der Waals surface area contributed by atoms with Crippen LogP contribution in [0.3, 0.4) is 0 Å². The average Bonchev–Trinajstić information content (AvgIpc) is 2.28. The fourth-order valence-corrected chi connectivity index (χ4v) is 2.68. The van der Waals surface area contributed by atoms with E-state index in [1.54, 1.807) is 6.92 Å². The van der Waals surface area contributed by atoms with Gasteiger partial charge in [0.2, 0.25) is 0 Å². The van der Waals surface area contributed by atoms with Gasteiger partial charge in [0.15, 0.2) is 0 Å². The van der Waals surface area contributed by atoms with E-state index in [-0.39, 0.29) is 6.42 Å². The molecule has 1 saturated carbocycles. The van der Waals surface area contributed by atoms with E-state index in [4.69, 9.17) is 0 Å². The van der Waals surface area contributed by atoms with Gasteiger partial charge in [0.1, 0.15) is 0 Å². The molecule has 1 atom stereocenters. The quantitative estimate of drug-likeness (QED) is 0.548. The van der Waals surface area contributed by atoms with Gasteiger partial charge in [0.05, 0.1) is 0 Å². The van der Waals surface area contributed by atoms with Crippen LogP contribution in [-0.2, 0) is 0 Å². The van der Waals surface area contributed by atoms with Crippen molar-refractivity contribution in [3.63, 3.8) is 0 Å². The first-order valence-corrected chi connectivity index (χ1v) is 5.70. The van der Waals surface area contributed by atoms with Gasteiger partial charge < -0.3 is 0 Å². The number of nitro groups is 2. The SMILES string of the molecule is CC[C@](C)([N+](=O)[O-])C1([N+](=O)[O-])CCCCC1. The molecule has 0 saturated heterocycles. The highest BCUT2D eigenvalue weighted by Gasteiger charge is 2.66. The van der Waals surface area contributed by atoms with Gasteiger partial charge in [-0.05, 0) is 12.8 Å². The molecule has 0 aromatic carbocycles. The molecular formula is C10H18N2O4. The molecule has 6 nitrogen and oxygen atoms in total. The van der Waals surface area contributed by atoms with E-state index in [2.05, 4.69) is 0 Å². The summed E-state index contributed by atoms with van der Waals surface area (Å²) in [5, 5.41) is 22.4. The monoisotopic (exact) mass is 230 g/mol. The van der Waals surface area contributed by atoms with Gasteiger partial charge in [-0.25, -0.2) is 0 Å². The highest BCUT2D eigenvalue weighted by molar-refractivity contribution is 4.98. The Labute approximate surface area is 94.3 Å². The van der Waals surface area contributed by atoms with Crippen molar-refractivity contribution in [2.75, 3.05) is 0 Å². The molecule has 1 rings (SSSR count). The summed E-state index contributed by atoms with van der Waals surface area (Å²) in [4.78, 5) is 21.6. The Morgan fingerprint density at radius 3 is 2.00 bits per heavy atom. The Morgan fingerprint density at radius 1 is 1.19 bits per heavy atom. The largest absolute Gasteiger partial charge is 0.290 e. The zero-order valence-electron chi connectivity index (χ0n) is 9.77. The Kier molecular flexibility index (Phi) is 3.50. The topological polar surface area (TPSA) is 86.3 Å². The van der Waals surface area contributed by atoms with Crippen LogP contribution in [0.15, 0.2) is 0 Å². The van der Waals surface area contributed by atoms with Crippen LogP contribution >= 0.6 is 0 Å². The Bertz CT molecular complexity index is 299. The second-order valence-corrected chi connectivity index (χ2v) is 4.73. The van der Waals surface area contributed by atoms with Crippen molar-refractivity contribution in [1.82, 2.24) is 0 Å². The lowest BCUT2D eigenvalue weighted by atomic mass is 9.68. The molecule has 0 N–H and O–H groups in total. The van der Waals surface area contributed by atoms with Crippen molar-refractivity contribution >= 4 is 0 Å². The maximum atomic E-state index is 11.3. The lowest BCUT2D eigenvalue weighted by Gasteiger charge is -2.36. The fraction of sp³-hybridized carbons (Fsp3) is 1.00. The first kappa shape index (κ1) is 12.9. The molecule has 0 unspecified atom stereocenters. The van der Waals surface area contributed by atoms with E-state index in [1.807, 2.05) is 0 Å². The van der Waals surface area contributed by atoms with E-state index < -0.39 is 20.9 Å². The van der Waals surface area contributed by atoms with Gasteiger partial charge in [-0.3, -0.25) is 20.2 Å². The van der Waals surface area contributed by atoms with E-state index >= 15 is 0 Å². The van der Waals surface area contributed by atoms with Crippen LogP contribution in [0.2, 0.25) is 0 Å². The van der Waals surface area contributed by atoms with Crippen LogP contribution in [0.1, 0.15) is 52.4 Å². The molecule has 0 radical (unpaired) electrons. The van der Waals surface area contributed by atoms with Crippen LogP contribution in [0.25, 0.3) is 0 Å². The van der Waals surface area contributed by atoms with Gasteiger partial charge in [-0.2, -0.15) is 0 Å². The van der Waals surface area contributed by atoms with Crippen molar-refractivity contribution in [2.24, 2.45) is 0 Å². The molecule has 92 valence electrons. The fourth-order valence-electron chi connectivity index (χ4n) is 2.68. The summed E-state index contributed by atoms with van der Waals surface area (Å²) in [6, 6.07) is 0. The second-order valence-electron chi connectivity index (χ2n) is 4.73. The molecule has 1 aliphatic carbocycles. The van der Waals surface area contributed by atoms with Crippen LogP contribution in [0.4, 0.5) is 0 Å². The molecular weight excluding hydrogens is 212 g/mol. The summed E-state index contributed by atoms with van der Waals surface area (Å²) in [5.74, 6) is 0. The molecule has 0 amide bonds. The molecule has 0 aliphatic heterocycles. The second kappa shape index (κ2) is 4.35. The molecule has 6 heteroatoms. The minimum absolute atomic E-state index is 0.195. The average molecular weight is 230 g/mol. The standard InChI is InChI=1S/C10H18N2O4/c1-3-9(2,11(13)14)10(12(15)16)7-5-4-6-8-10/h3-8H2,1-2H3/t9-/m0/s1. The third kappa shape index (κ3) is 1.66.